The first-order valence-corrected chi connectivity index (χ1v) is 6.44. The minimum Gasteiger partial charge on any atom is -0.379 e. The summed E-state index contributed by atoms with van der Waals surface area (Å²) in [4.78, 5) is 10.5. The smallest absolute Gasteiger partial charge is 0.310 e. The molecular weight excluding hydrogens is 254 g/mol. The molecule has 1 aliphatic rings. The Morgan fingerprint density at radius 1 is 1.56 bits per heavy atom. The first-order valence-electron chi connectivity index (χ1n) is 6.06. The molecule has 0 radical (unpaired) electrons. The summed E-state index contributed by atoms with van der Waals surface area (Å²) in [5.74, 6) is 0.511. The second kappa shape index (κ2) is 6.02. The average molecular weight is 270 g/mol. The molecule has 0 bridgehead atoms. The van der Waals surface area contributed by atoms with Crippen molar-refractivity contribution in [1.29, 1.82) is 0 Å². The van der Waals surface area contributed by atoms with Crippen molar-refractivity contribution in [2.45, 2.75) is 12.8 Å². The van der Waals surface area contributed by atoms with Crippen LogP contribution in [0.3, 0.4) is 0 Å². The standard InChI is InChI=1S/C12H16ClN3O2/c13-10-4-1-5-11(12(10)16(17)18)15-8-9-3-2-6-14-7-9/h1,4-5,9,14-15H,2-3,6-8H2. The molecule has 98 valence electrons. The number of nitro benzene ring substituents is 1. The summed E-state index contributed by atoms with van der Waals surface area (Å²) in [6.45, 7) is 2.75. The Morgan fingerprint density at radius 3 is 3.06 bits per heavy atom. The maximum absolute atomic E-state index is 11.0. The van der Waals surface area contributed by atoms with Crippen LogP contribution in [0, 0.1) is 16.0 Å². The Labute approximate surface area is 111 Å². The molecule has 1 fully saturated rings. The molecule has 2 N–H and O–H groups in total. The number of para-hydroxylation sites is 1. The number of hydrogen-bond acceptors (Lipinski definition) is 4. The first-order chi connectivity index (χ1) is 8.68. The molecule has 1 atom stereocenters. The third-order valence-electron chi connectivity index (χ3n) is 3.15. The Morgan fingerprint density at radius 2 is 2.39 bits per heavy atom. The Bertz CT molecular complexity index is 433. The number of nitro groups is 1. The molecule has 2 rings (SSSR count). The Balaban J connectivity index is 2.04. The SMILES string of the molecule is O=[N+]([O-])c1c(Cl)cccc1NCC1CCCNC1. The fraction of sp³-hybridized carbons (Fsp3) is 0.500. The number of benzene rings is 1. The van der Waals surface area contributed by atoms with Gasteiger partial charge in [0.25, 0.3) is 0 Å². The van der Waals surface area contributed by atoms with E-state index in [9.17, 15) is 10.1 Å². The van der Waals surface area contributed by atoms with Crippen molar-refractivity contribution in [2.75, 3.05) is 25.0 Å². The number of nitrogens with zero attached hydrogens (tertiary/aromatic N) is 1. The van der Waals surface area contributed by atoms with Gasteiger partial charge < -0.3 is 10.6 Å². The fourth-order valence-corrected chi connectivity index (χ4v) is 2.44. The van der Waals surface area contributed by atoms with Gasteiger partial charge in [0, 0.05) is 6.54 Å². The monoisotopic (exact) mass is 269 g/mol. The van der Waals surface area contributed by atoms with Crippen molar-refractivity contribution in [3.8, 4) is 0 Å². The summed E-state index contributed by atoms with van der Waals surface area (Å²) < 4.78 is 0. The zero-order chi connectivity index (χ0) is 13.0. The molecule has 1 aromatic rings. The molecule has 1 aliphatic heterocycles. The van der Waals surface area contributed by atoms with Gasteiger partial charge >= 0.3 is 5.69 Å². The highest BCUT2D eigenvalue weighted by molar-refractivity contribution is 6.33. The molecule has 0 saturated carbocycles. The van der Waals surface area contributed by atoms with E-state index >= 15 is 0 Å². The van der Waals surface area contributed by atoms with E-state index in [1.165, 1.54) is 6.07 Å². The third kappa shape index (κ3) is 3.11. The van der Waals surface area contributed by atoms with Gasteiger partial charge in [-0.3, -0.25) is 10.1 Å². The van der Waals surface area contributed by atoms with Crippen LogP contribution in [0.5, 0.6) is 0 Å². The van der Waals surface area contributed by atoms with Crippen molar-refractivity contribution in [1.82, 2.24) is 5.32 Å². The molecule has 0 aromatic heterocycles. The predicted molar refractivity (Wildman–Crippen MR) is 72.2 cm³/mol. The van der Waals surface area contributed by atoms with Crippen LogP contribution in [0.4, 0.5) is 11.4 Å². The molecule has 6 heteroatoms. The van der Waals surface area contributed by atoms with E-state index < -0.39 is 4.92 Å². The van der Waals surface area contributed by atoms with Crippen LogP contribution in [0.25, 0.3) is 0 Å². The van der Waals surface area contributed by atoms with Crippen LogP contribution >= 0.6 is 11.6 Å². The topological polar surface area (TPSA) is 67.2 Å². The predicted octanol–water partition coefficient (Wildman–Crippen LogP) is 2.66. The quantitative estimate of drug-likeness (QED) is 0.651. The Hall–Kier alpha value is -1.33. The summed E-state index contributed by atoms with van der Waals surface area (Å²) in [6.07, 6.45) is 2.30. The maximum atomic E-state index is 11.0. The van der Waals surface area contributed by atoms with Gasteiger partial charge in [-0.05, 0) is 44.0 Å². The van der Waals surface area contributed by atoms with Crippen LogP contribution in [-0.4, -0.2) is 24.6 Å². The molecule has 18 heavy (non-hydrogen) atoms. The second-order valence-corrected chi connectivity index (χ2v) is 4.89. The van der Waals surface area contributed by atoms with Crippen LogP contribution < -0.4 is 10.6 Å². The molecule has 5 nitrogen and oxygen atoms in total. The molecule has 1 saturated heterocycles. The molecular formula is C12H16ClN3O2. The number of halogens is 1. The van der Waals surface area contributed by atoms with E-state index in [4.69, 9.17) is 11.6 Å². The van der Waals surface area contributed by atoms with E-state index in [-0.39, 0.29) is 10.7 Å². The number of rotatable bonds is 4. The van der Waals surface area contributed by atoms with Crippen LogP contribution in [0.1, 0.15) is 12.8 Å². The molecule has 0 aliphatic carbocycles. The van der Waals surface area contributed by atoms with Crippen LogP contribution in [0.15, 0.2) is 18.2 Å². The summed E-state index contributed by atoms with van der Waals surface area (Å²) >= 11 is 5.85. The van der Waals surface area contributed by atoms with E-state index in [2.05, 4.69) is 10.6 Å². The van der Waals surface area contributed by atoms with Crippen molar-refractivity contribution in [3.05, 3.63) is 33.3 Å². The van der Waals surface area contributed by atoms with Gasteiger partial charge in [0.05, 0.1) is 4.92 Å². The molecule has 0 amide bonds. The summed E-state index contributed by atoms with van der Waals surface area (Å²) in [7, 11) is 0. The maximum Gasteiger partial charge on any atom is 0.310 e. The van der Waals surface area contributed by atoms with Crippen molar-refractivity contribution in [2.24, 2.45) is 5.92 Å². The summed E-state index contributed by atoms with van der Waals surface area (Å²) in [6, 6.07) is 4.95. The minimum atomic E-state index is -0.441. The normalized spacial score (nSPS) is 19.5. The lowest BCUT2D eigenvalue weighted by Gasteiger charge is -2.23. The lowest BCUT2D eigenvalue weighted by Crippen LogP contribution is -2.33. The fourth-order valence-electron chi connectivity index (χ4n) is 2.20. The lowest BCUT2D eigenvalue weighted by atomic mass is 9.99. The summed E-state index contributed by atoms with van der Waals surface area (Å²) in [5, 5.41) is 17.6. The lowest BCUT2D eigenvalue weighted by molar-refractivity contribution is -0.383. The largest absolute Gasteiger partial charge is 0.379 e. The third-order valence-corrected chi connectivity index (χ3v) is 3.45. The van der Waals surface area contributed by atoms with Crippen molar-refractivity contribution < 1.29 is 4.92 Å². The van der Waals surface area contributed by atoms with Gasteiger partial charge in [-0.25, -0.2) is 0 Å². The van der Waals surface area contributed by atoms with Gasteiger partial charge in [0.15, 0.2) is 0 Å². The van der Waals surface area contributed by atoms with Gasteiger partial charge in [0.1, 0.15) is 10.7 Å². The van der Waals surface area contributed by atoms with Gasteiger partial charge in [-0.15, -0.1) is 0 Å². The average Bonchev–Trinajstić information content (AvgIpc) is 2.37. The zero-order valence-electron chi connectivity index (χ0n) is 9.99. The molecule has 1 heterocycles. The van der Waals surface area contributed by atoms with E-state index in [1.54, 1.807) is 12.1 Å². The highest BCUT2D eigenvalue weighted by Gasteiger charge is 2.19. The van der Waals surface area contributed by atoms with Gasteiger partial charge in [-0.1, -0.05) is 17.7 Å². The van der Waals surface area contributed by atoms with E-state index in [0.717, 1.165) is 32.5 Å². The van der Waals surface area contributed by atoms with Gasteiger partial charge in [-0.2, -0.15) is 0 Å². The second-order valence-electron chi connectivity index (χ2n) is 4.49. The van der Waals surface area contributed by atoms with Crippen molar-refractivity contribution >= 4 is 23.0 Å². The highest BCUT2D eigenvalue weighted by atomic mass is 35.5. The van der Waals surface area contributed by atoms with Gasteiger partial charge in [0.2, 0.25) is 0 Å². The summed E-state index contributed by atoms with van der Waals surface area (Å²) in [5.41, 5.74) is 0.459. The van der Waals surface area contributed by atoms with Crippen molar-refractivity contribution in [3.63, 3.8) is 0 Å². The van der Waals surface area contributed by atoms with Crippen LogP contribution in [-0.2, 0) is 0 Å². The Kier molecular flexibility index (Phi) is 4.38. The molecule has 1 unspecified atom stereocenters. The van der Waals surface area contributed by atoms with E-state index in [1.807, 2.05) is 0 Å². The van der Waals surface area contributed by atoms with Crippen LogP contribution in [0.2, 0.25) is 5.02 Å². The van der Waals surface area contributed by atoms with E-state index in [0.29, 0.717) is 11.6 Å². The minimum absolute atomic E-state index is 0.0389. The zero-order valence-corrected chi connectivity index (χ0v) is 10.7. The number of nitrogens with one attached hydrogen (secondary N) is 2. The number of hydrogen-bond donors (Lipinski definition) is 2. The molecule has 0 spiro atoms. The number of anilines is 1. The number of piperidine rings is 1. The molecule has 1 aromatic carbocycles. The first kappa shape index (κ1) is 13.1. The highest BCUT2D eigenvalue weighted by Crippen LogP contribution is 2.32.